The second-order valence-corrected chi connectivity index (χ2v) is 5.20. The second-order valence-electron chi connectivity index (χ2n) is 4.29. The number of benzene rings is 1. The summed E-state index contributed by atoms with van der Waals surface area (Å²) in [6.07, 6.45) is 2.20. The summed E-state index contributed by atoms with van der Waals surface area (Å²) >= 11 is -2.08. The molecular formula is C11H12O4S. The summed E-state index contributed by atoms with van der Waals surface area (Å²) in [5.41, 5.74) is 1.18. The predicted molar refractivity (Wildman–Crippen MR) is 58.4 cm³/mol. The monoisotopic (exact) mass is 240 g/mol. The van der Waals surface area contributed by atoms with Gasteiger partial charge in [0.2, 0.25) is 0 Å². The molecule has 86 valence electrons. The van der Waals surface area contributed by atoms with Crippen LogP contribution in [-0.2, 0) is 16.5 Å². The predicted octanol–water partition coefficient (Wildman–Crippen LogP) is 1.70. The lowest BCUT2D eigenvalue weighted by Crippen LogP contribution is -2.06. The lowest BCUT2D eigenvalue weighted by Gasteiger charge is -2.10. The Labute approximate surface area is 95.8 Å². The fraction of sp³-hybridized carbons (Fsp3) is 0.455. The van der Waals surface area contributed by atoms with Crippen LogP contribution in [0.1, 0.15) is 18.4 Å². The minimum absolute atomic E-state index is 0.121. The lowest BCUT2D eigenvalue weighted by molar-refractivity contribution is 0.312. The van der Waals surface area contributed by atoms with Gasteiger partial charge in [0.05, 0.1) is 13.7 Å². The smallest absolute Gasteiger partial charge is 0.194 e. The minimum atomic E-state index is -2.08. The first kappa shape index (κ1) is 10.1. The highest BCUT2D eigenvalue weighted by molar-refractivity contribution is 7.79. The fourth-order valence-electron chi connectivity index (χ4n) is 2.28. The third-order valence-corrected chi connectivity index (χ3v) is 4.12. The van der Waals surface area contributed by atoms with Crippen LogP contribution in [-0.4, -0.2) is 22.5 Å². The Morgan fingerprint density at radius 3 is 2.81 bits per heavy atom. The van der Waals surface area contributed by atoms with E-state index in [0.29, 0.717) is 18.1 Å². The van der Waals surface area contributed by atoms with Gasteiger partial charge in [-0.25, -0.2) is 4.21 Å². The van der Waals surface area contributed by atoms with Crippen molar-refractivity contribution in [1.82, 2.24) is 0 Å². The van der Waals surface area contributed by atoms with Crippen LogP contribution in [0.4, 0.5) is 0 Å². The summed E-state index contributed by atoms with van der Waals surface area (Å²) in [5, 5.41) is 0. The van der Waals surface area contributed by atoms with Gasteiger partial charge in [-0.05, 0) is 18.9 Å². The molecule has 0 aromatic heterocycles. The molecule has 1 aliphatic carbocycles. The van der Waals surface area contributed by atoms with Gasteiger partial charge in [-0.3, -0.25) is 0 Å². The van der Waals surface area contributed by atoms with Gasteiger partial charge in [0.1, 0.15) is 11.5 Å². The maximum absolute atomic E-state index is 11.3. The first-order valence-corrected chi connectivity index (χ1v) is 6.24. The number of hydrogen-bond donors (Lipinski definition) is 1. The molecule has 0 bridgehead atoms. The number of methoxy groups -OCH3 is 1. The van der Waals surface area contributed by atoms with E-state index in [-0.39, 0.29) is 10.3 Å². The topological polar surface area (TPSA) is 55.8 Å². The van der Waals surface area contributed by atoms with E-state index >= 15 is 0 Å². The van der Waals surface area contributed by atoms with Crippen molar-refractivity contribution in [3.05, 3.63) is 17.7 Å². The van der Waals surface area contributed by atoms with Crippen LogP contribution in [0.3, 0.4) is 0 Å². The molecule has 1 saturated carbocycles. The van der Waals surface area contributed by atoms with Gasteiger partial charge in [-0.15, -0.1) is 0 Å². The number of hydrogen-bond acceptors (Lipinski definition) is 3. The molecule has 1 aromatic rings. The molecule has 2 aliphatic rings. The molecule has 0 radical (unpaired) electrons. The highest BCUT2D eigenvalue weighted by atomic mass is 32.2. The highest BCUT2D eigenvalue weighted by Gasteiger charge is 2.52. The van der Waals surface area contributed by atoms with E-state index in [2.05, 4.69) is 0 Å². The molecule has 1 N–H and O–H groups in total. The van der Waals surface area contributed by atoms with Gasteiger partial charge in [-0.1, -0.05) is 6.07 Å². The third-order valence-electron chi connectivity index (χ3n) is 3.39. The van der Waals surface area contributed by atoms with Crippen molar-refractivity contribution in [3.8, 4) is 11.5 Å². The van der Waals surface area contributed by atoms with Gasteiger partial charge in [0.15, 0.2) is 16.0 Å². The second kappa shape index (κ2) is 3.21. The van der Waals surface area contributed by atoms with Crippen LogP contribution in [0.2, 0.25) is 0 Å². The van der Waals surface area contributed by atoms with Gasteiger partial charge < -0.3 is 14.0 Å². The highest BCUT2D eigenvalue weighted by Crippen LogP contribution is 2.57. The van der Waals surface area contributed by atoms with Crippen LogP contribution in [0.5, 0.6) is 11.5 Å². The average Bonchev–Trinajstić information content (AvgIpc) is 2.95. The number of fused-ring (bicyclic) bond motifs is 2. The summed E-state index contributed by atoms with van der Waals surface area (Å²) in [6, 6.07) is 3.70. The van der Waals surface area contributed by atoms with E-state index < -0.39 is 11.1 Å². The van der Waals surface area contributed by atoms with Gasteiger partial charge in [0, 0.05) is 11.0 Å². The fourth-order valence-corrected chi connectivity index (χ4v) is 2.94. The van der Waals surface area contributed by atoms with Gasteiger partial charge in [-0.2, -0.15) is 0 Å². The summed E-state index contributed by atoms with van der Waals surface area (Å²) < 4.78 is 31.3. The normalized spacial score (nSPS) is 21.4. The van der Waals surface area contributed by atoms with E-state index in [1.807, 2.05) is 6.07 Å². The summed E-state index contributed by atoms with van der Waals surface area (Å²) in [5.74, 6) is 0.968. The first-order chi connectivity index (χ1) is 7.68. The Hall–Kier alpha value is -1.07. The summed E-state index contributed by atoms with van der Waals surface area (Å²) in [4.78, 5) is 0.267. The van der Waals surface area contributed by atoms with Gasteiger partial charge >= 0.3 is 0 Å². The average molecular weight is 240 g/mol. The Bertz CT molecular complexity index is 479. The molecule has 1 unspecified atom stereocenters. The quantitative estimate of drug-likeness (QED) is 0.799. The molecule has 1 spiro atoms. The molecule has 1 fully saturated rings. The zero-order valence-electron chi connectivity index (χ0n) is 8.86. The van der Waals surface area contributed by atoms with Crippen molar-refractivity contribution in [2.24, 2.45) is 0 Å². The SMILES string of the molecule is COc1ccc2c(c1S(=O)O)OCC21CC1. The van der Waals surface area contributed by atoms with Crippen LogP contribution in [0.15, 0.2) is 17.0 Å². The van der Waals surface area contributed by atoms with Crippen molar-refractivity contribution < 1.29 is 18.2 Å². The van der Waals surface area contributed by atoms with E-state index in [4.69, 9.17) is 9.47 Å². The van der Waals surface area contributed by atoms with E-state index in [9.17, 15) is 8.76 Å². The molecule has 4 nitrogen and oxygen atoms in total. The molecule has 0 amide bonds. The minimum Gasteiger partial charge on any atom is -0.495 e. The third kappa shape index (κ3) is 1.21. The Morgan fingerprint density at radius 2 is 2.25 bits per heavy atom. The summed E-state index contributed by atoms with van der Waals surface area (Å²) in [7, 11) is 1.49. The van der Waals surface area contributed by atoms with Gasteiger partial charge in [0.25, 0.3) is 0 Å². The molecule has 1 atom stereocenters. The maximum Gasteiger partial charge on any atom is 0.194 e. The lowest BCUT2D eigenvalue weighted by atomic mass is 9.98. The van der Waals surface area contributed by atoms with Crippen LogP contribution in [0.25, 0.3) is 0 Å². The number of ether oxygens (including phenoxy) is 2. The van der Waals surface area contributed by atoms with Crippen molar-refractivity contribution in [2.75, 3.05) is 13.7 Å². The zero-order chi connectivity index (χ0) is 11.3. The molecule has 1 aromatic carbocycles. The van der Waals surface area contributed by atoms with Crippen molar-refractivity contribution in [1.29, 1.82) is 0 Å². The number of rotatable bonds is 2. The van der Waals surface area contributed by atoms with Crippen molar-refractivity contribution in [3.63, 3.8) is 0 Å². The van der Waals surface area contributed by atoms with Crippen molar-refractivity contribution in [2.45, 2.75) is 23.2 Å². The van der Waals surface area contributed by atoms with Crippen LogP contribution < -0.4 is 9.47 Å². The van der Waals surface area contributed by atoms with E-state index in [1.165, 1.54) is 7.11 Å². The maximum atomic E-state index is 11.3. The standard InChI is InChI=1S/C11H12O4S/c1-14-8-3-2-7-9(10(8)16(12)13)15-6-11(7)4-5-11/h2-3H,4-6H2,1H3,(H,12,13). The first-order valence-electron chi connectivity index (χ1n) is 5.13. The molecule has 1 aliphatic heterocycles. The van der Waals surface area contributed by atoms with Crippen molar-refractivity contribution >= 4 is 11.1 Å². The Morgan fingerprint density at radius 1 is 1.50 bits per heavy atom. The summed E-state index contributed by atoms with van der Waals surface area (Å²) in [6.45, 7) is 0.625. The Kier molecular flexibility index (Phi) is 2.03. The molecule has 0 saturated heterocycles. The molecule has 5 heteroatoms. The Balaban J connectivity index is 2.21. The molecule has 16 heavy (non-hydrogen) atoms. The molecule has 3 rings (SSSR count). The van der Waals surface area contributed by atoms with E-state index in [1.54, 1.807) is 6.07 Å². The molecule has 1 heterocycles. The largest absolute Gasteiger partial charge is 0.495 e. The van der Waals surface area contributed by atoms with E-state index in [0.717, 1.165) is 18.4 Å². The van der Waals surface area contributed by atoms with Crippen LogP contribution in [0, 0.1) is 0 Å². The zero-order valence-corrected chi connectivity index (χ0v) is 9.67. The molecular weight excluding hydrogens is 228 g/mol. The van der Waals surface area contributed by atoms with Crippen LogP contribution >= 0.6 is 0 Å².